The Kier molecular flexibility index (Phi) is 1.56. The third-order valence-electron chi connectivity index (χ3n) is 2.08. The number of rotatable bonds is 0. The van der Waals surface area contributed by atoms with Gasteiger partial charge in [0.05, 0.1) is 4.11 Å². The van der Waals surface area contributed by atoms with Crippen LogP contribution in [0.4, 0.5) is 4.20 Å². The van der Waals surface area contributed by atoms with E-state index in [1.807, 2.05) is 0 Å². The molecule has 1 heterocycles. The van der Waals surface area contributed by atoms with Crippen LogP contribution in [0.15, 0.2) is 0 Å². The van der Waals surface area contributed by atoms with E-state index in [0.29, 0.717) is 12.8 Å². The molecule has 5 heteroatoms. The lowest BCUT2D eigenvalue weighted by molar-refractivity contribution is -0.253. The summed E-state index contributed by atoms with van der Waals surface area (Å²) in [7, 11) is -4.93. The molecule has 1 unspecified atom stereocenters. The number of hydrogen-bond acceptors (Lipinski definition) is 3. The Hall–Kier alpha value is 0.240. The van der Waals surface area contributed by atoms with Crippen molar-refractivity contribution in [3.05, 3.63) is 0 Å². The van der Waals surface area contributed by atoms with Crippen molar-refractivity contribution >= 4 is 8.25 Å². The lowest BCUT2D eigenvalue weighted by Crippen LogP contribution is -2.37. The van der Waals surface area contributed by atoms with E-state index in [1.54, 1.807) is 0 Å². The minimum absolute atomic E-state index is 0.189. The topological polar surface area (TPSA) is 41.5 Å². The largest absolute Gasteiger partial charge is 0.601 e. The second kappa shape index (κ2) is 3.18. The first kappa shape index (κ1) is 5.86. The van der Waals surface area contributed by atoms with Gasteiger partial charge in [0, 0.05) is 10.1 Å². The maximum absolute atomic E-state index is 13.1. The quantitative estimate of drug-likeness (QED) is 0.554. The summed E-state index contributed by atoms with van der Waals surface area (Å²) in [5.41, 5.74) is 0. The monoisotopic (exact) mass is 197 g/mol. The van der Waals surface area contributed by atoms with Crippen molar-refractivity contribution in [1.29, 1.82) is 0 Å². The summed E-state index contributed by atoms with van der Waals surface area (Å²) in [5.74, 6) is -0.878. The third-order valence-corrected chi connectivity index (χ3v) is 2.86. The van der Waals surface area contributed by atoms with Crippen LogP contribution in [0.25, 0.3) is 0 Å². The Morgan fingerprint density at radius 2 is 2.33 bits per heavy atom. The molecule has 1 saturated carbocycles. The molecule has 0 radical (unpaired) electrons. The molecule has 1 aliphatic heterocycles. The first-order chi connectivity index (χ1) is 6.75. The minimum Gasteiger partial charge on any atom is -0.601 e. The number of hydrogen-bond donors (Lipinski definition) is 0. The summed E-state index contributed by atoms with van der Waals surface area (Å²) in [5, 5.41) is 0. The zero-order valence-corrected chi connectivity index (χ0v) is 7.35. The standard InChI is InChI=1S/C7H12FO3P/c8-12(9)10-5-6-3-1-2-4-7(6)11-12/h6-7H,1-5H2/t6-,7+,12?/m1/s1/i5D2,7D. The fourth-order valence-corrected chi connectivity index (χ4v) is 2.29. The van der Waals surface area contributed by atoms with E-state index in [9.17, 15) is 9.09 Å². The molecule has 3 atom stereocenters. The predicted octanol–water partition coefficient (Wildman–Crippen LogP) is 1.60. The fraction of sp³-hybridized carbons (Fsp3) is 1.00. The molecule has 12 heavy (non-hydrogen) atoms. The van der Waals surface area contributed by atoms with Crippen LogP contribution in [0.2, 0.25) is 0 Å². The first-order valence-electron chi connectivity index (χ1n) is 5.46. The van der Waals surface area contributed by atoms with Crippen LogP contribution in [0, 0.1) is 5.92 Å². The van der Waals surface area contributed by atoms with E-state index in [1.165, 1.54) is 0 Å². The summed E-state index contributed by atoms with van der Waals surface area (Å²) >= 11 is 0. The van der Waals surface area contributed by atoms with E-state index < -0.39 is 26.8 Å². The molecule has 0 aromatic heterocycles. The van der Waals surface area contributed by atoms with E-state index in [0.717, 1.165) is 6.42 Å². The van der Waals surface area contributed by atoms with Crippen molar-refractivity contribution in [2.75, 3.05) is 6.56 Å². The highest BCUT2D eigenvalue weighted by atomic mass is 31.3. The Labute approximate surface area is 75.8 Å². The average molecular weight is 197 g/mol. The zero-order valence-electron chi connectivity index (χ0n) is 9.46. The fourth-order valence-electron chi connectivity index (χ4n) is 1.50. The van der Waals surface area contributed by atoms with Crippen LogP contribution in [-0.4, -0.2) is 12.6 Å². The van der Waals surface area contributed by atoms with Gasteiger partial charge in [-0.3, -0.25) is 0 Å². The van der Waals surface area contributed by atoms with Crippen molar-refractivity contribution in [2.45, 2.75) is 31.8 Å². The molecule has 3 nitrogen and oxygen atoms in total. The Balaban J connectivity index is 2.30. The van der Waals surface area contributed by atoms with Gasteiger partial charge in [-0.15, -0.1) is 0 Å². The highest BCUT2D eigenvalue weighted by Gasteiger charge is 2.45. The maximum Gasteiger partial charge on any atom is 0.439 e. The smallest absolute Gasteiger partial charge is 0.439 e. The van der Waals surface area contributed by atoms with Gasteiger partial charge in [0.15, 0.2) is 0 Å². The molecule has 0 spiro atoms. The predicted molar refractivity (Wildman–Crippen MR) is 40.8 cm³/mol. The lowest BCUT2D eigenvalue weighted by Gasteiger charge is -2.36. The highest BCUT2D eigenvalue weighted by Crippen LogP contribution is 2.60. The van der Waals surface area contributed by atoms with Crippen molar-refractivity contribution in [3.8, 4) is 0 Å². The molecule has 0 N–H and O–H groups in total. The minimum atomic E-state index is -4.93. The second-order valence-corrected chi connectivity index (χ2v) is 4.22. The molecule has 0 aromatic rings. The summed E-state index contributed by atoms with van der Waals surface area (Å²) in [6.07, 6.45) is 0.222. The molecule has 0 amide bonds. The van der Waals surface area contributed by atoms with Crippen LogP contribution in [-0.2, 0) is 9.05 Å². The van der Waals surface area contributed by atoms with Gasteiger partial charge < -0.3 is 4.89 Å². The van der Waals surface area contributed by atoms with Crippen molar-refractivity contribution in [1.82, 2.24) is 0 Å². The molecular weight excluding hydrogens is 182 g/mol. The molecular formula is C7H12FO3P. The molecule has 2 aliphatic rings. The van der Waals surface area contributed by atoms with Gasteiger partial charge in [-0.05, 0) is 12.8 Å². The summed E-state index contributed by atoms with van der Waals surface area (Å²) in [6, 6.07) is 0. The van der Waals surface area contributed by atoms with Gasteiger partial charge in [-0.2, -0.15) is 9.05 Å². The van der Waals surface area contributed by atoms with Crippen molar-refractivity contribution < 1.29 is 22.3 Å². The number of fused-ring (bicyclic) bond motifs is 1. The van der Waals surface area contributed by atoms with Crippen LogP contribution in [0.1, 0.15) is 29.8 Å². The molecule has 2 rings (SSSR count). The van der Waals surface area contributed by atoms with E-state index in [2.05, 4.69) is 9.05 Å². The van der Waals surface area contributed by atoms with E-state index in [-0.39, 0.29) is 6.42 Å². The van der Waals surface area contributed by atoms with Gasteiger partial charge in [0.25, 0.3) is 0 Å². The lowest BCUT2D eigenvalue weighted by atomic mass is 9.87. The van der Waals surface area contributed by atoms with Gasteiger partial charge in [-0.1, -0.05) is 12.8 Å². The Bertz CT molecular complexity index is 278. The van der Waals surface area contributed by atoms with Gasteiger partial charge in [0.2, 0.25) is 0 Å². The molecule has 2 fully saturated rings. The van der Waals surface area contributed by atoms with Crippen LogP contribution in [0.5, 0.6) is 0 Å². The molecule has 0 aromatic carbocycles. The van der Waals surface area contributed by atoms with Crippen molar-refractivity contribution in [2.24, 2.45) is 5.92 Å². The van der Waals surface area contributed by atoms with Crippen molar-refractivity contribution in [3.63, 3.8) is 0 Å². The Morgan fingerprint density at radius 1 is 1.58 bits per heavy atom. The summed E-state index contributed by atoms with van der Waals surface area (Å²) in [6.45, 7) is -2.38. The second-order valence-electron chi connectivity index (χ2n) is 3.00. The van der Waals surface area contributed by atoms with Crippen LogP contribution >= 0.6 is 8.25 Å². The number of halogens is 1. The maximum atomic E-state index is 13.1. The zero-order chi connectivity index (χ0) is 11.3. The van der Waals surface area contributed by atoms with Gasteiger partial charge in [-0.25, -0.2) is 0 Å². The van der Waals surface area contributed by atoms with E-state index in [4.69, 9.17) is 4.11 Å². The summed E-state index contributed by atoms with van der Waals surface area (Å²) < 4.78 is 44.6. The van der Waals surface area contributed by atoms with Crippen LogP contribution in [0.3, 0.4) is 0 Å². The SMILES string of the molecule is [2H]C1([2H])O[P+]([O-])(F)O[C@@]2([2H])CCCC[C@H]12. The van der Waals surface area contributed by atoms with Crippen LogP contribution < -0.4 is 4.89 Å². The Morgan fingerprint density at radius 3 is 3.17 bits per heavy atom. The van der Waals surface area contributed by atoms with Gasteiger partial charge in [0.1, 0.15) is 12.6 Å². The summed E-state index contributed by atoms with van der Waals surface area (Å²) in [4.78, 5) is 11.0. The van der Waals surface area contributed by atoms with E-state index >= 15 is 0 Å². The highest BCUT2D eigenvalue weighted by molar-refractivity contribution is 7.53. The first-order valence-corrected chi connectivity index (χ1v) is 5.40. The normalized spacial score (nSPS) is 62.5. The molecule has 70 valence electrons. The van der Waals surface area contributed by atoms with Gasteiger partial charge >= 0.3 is 8.25 Å². The molecule has 0 bridgehead atoms. The third kappa shape index (κ3) is 1.77. The molecule has 1 aliphatic carbocycles. The molecule has 1 saturated heterocycles. The average Bonchev–Trinajstić information content (AvgIpc) is 1.97.